The standard InChI is InChI=1S/C5H7ClN2/c6-8-4-2-1-3-5(8)7/h1-2,7H,3-4H2. The third-order valence-corrected chi connectivity index (χ3v) is 1.38. The molecule has 0 atom stereocenters. The smallest absolute Gasteiger partial charge is 0.115 e. The molecule has 1 N–H and O–H groups in total. The van der Waals surface area contributed by atoms with Crippen LogP contribution in [-0.4, -0.2) is 16.8 Å². The molecule has 0 spiro atoms. The fourth-order valence-corrected chi connectivity index (χ4v) is 0.720. The van der Waals surface area contributed by atoms with Crippen molar-refractivity contribution in [1.82, 2.24) is 4.42 Å². The van der Waals surface area contributed by atoms with Crippen LogP contribution in [-0.2, 0) is 0 Å². The molecule has 0 unspecified atom stereocenters. The highest BCUT2D eigenvalue weighted by atomic mass is 35.5. The monoisotopic (exact) mass is 130 g/mol. The Balaban J connectivity index is 2.57. The zero-order valence-electron chi connectivity index (χ0n) is 4.39. The van der Waals surface area contributed by atoms with Crippen molar-refractivity contribution in [2.45, 2.75) is 6.42 Å². The molecule has 0 aromatic carbocycles. The van der Waals surface area contributed by atoms with E-state index in [1.807, 2.05) is 12.2 Å². The van der Waals surface area contributed by atoms with Gasteiger partial charge in [0.1, 0.15) is 5.84 Å². The van der Waals surface area contributed by atoms with Crippen molar-refractivity contribution >= 4 is 17.6 Å². The molecular weight excluding hydrogens is 124 g/mol. The minimum atomic E-state index is 0.481. The second-order valence-electron chi connectivity index (χ2n) is 1.67. The lowest BCUT2D eigenvalue weighted by atomic mass is 10.3. The molecule has 0 aromatic heterocycles. The molecule has 1 aliphatic rings. The number of nitrogens with zero attached hydrogens (tertiary/aromatic N) is 1. The number of amidine groups is 1. The minimum absolute atomic E-state index is 0.481. The van der Waals surface area contributed by atoms with Gasteiger partial charge in [0.2, 0.25) is 0 Å². The summed E-state index contributed by atoms with van der Waals surface area (Å²) in [6, 6.07) is 0. The highest BCUT2D eigenvalue weighted by molar-refractivity contribution is 6.22. The maximum absolute atomic E-state index is 7.14. The second kappa shape index (κ2) is 2.18. The number of rotatable bonds is 0. The molecule has 0 aliphatic carbocycles. The van der Waals surface area contributed by atoms with Gasteiger partial charge in [-0.1, -0.05) is 12.2 Å². The van der Waals surface area contributed by atoms with E-state index in [9.17, 15) is 0 Å². The summed E-state index contributed by atoms with van der Waals surface area (Å²) in [6.45, 7) is 0.667. The second-order valence-corrected chi connectivity index (χ2v) is 2.08. The van der Waals surface area contributed by atoms with E-state index in [-0.39, 0.29) is 0 Å². The molecule has 0 bridgehead atoms. The maximum Gasteiger partial charge on any atom is 0.115 e. The summed E-state index contributed by atoms with van der Waals surface area (Å²) < 4.78 is 1.40. The SMILES string of the molecule is N=C1CC=CCN1Cl. The number of hydrogen-bond donors (Lipinski definition) is 1. The molecule has 0 saturated carbocycles. The van der Waals surface area contributed by atoms with E-state index in [0.29, 0.717) is 18.8 Å². The highest BCUT2D eigenvalue weighted by Gasteiger charge is 2.05. The molecule has 0 amide bonds. The van der Waals surface area contributed by atoms with E-state index in [1.54, 1.807) is 0 Å². The van der Waals surface area contributed by atoms with Gasteiger partial charge >= 0.3 is 0 Å². The molecule has 8 heavy (non-hydrogen) atoms. The van der Waals surface area contributed by atoms with Crippen molar-refractivity contribution in [3.05, 3.63) is 12.2 Å². The predicted molar refractivity (Wildman–Crippen MR) is 34.0 cm³/mol. The number of hydrogen-bond acceptors (Lipinski definition) is 1. The average molecular weight is 131 g/mol. The number of halogens is 1. The van der Waals surface area contributed by atoms with Crippen LogP contribution in [0, 0.1) is 5.41 Å². The topological polar surface area (TPSA) is 27.1 Å². The summed E-state index contributed by atoms with van der Waals surface area (Å²) in [5.74, 6) is 0.481. The van der Waals surface area contributed by atoms with Gasteiger partial charge in [-0.2, -0.15) is 0 Å². The zero-order chi connectivity index (χ0) is 5.98. The van der Waals surface area contributed by atoms with E-state index in [1.165, 1.54) is 4.42 Å². The lowest BCUT2D eigenvalue weighted by molar-refractivity contribution is 0.700. The summed E-state index contributed by atoms with van der Waals surface area (Å²) in [5.41, 5.74) is 0. The lowest BCUT2D eigenvalue weighted by Gasteiger charge is -2.16. The van der Waals surface area contributed by atoms with Crippen molar-refractivity contribution in [2.24, 2.45) is 0 Å². The Morgan fingerprint density at radius 1 is 1.62 bits per heavy atom. The van der Waals surface area contributed by atoms with E-state index in [4.69, 9.17) is 17.2 Å². The van der Waals surface area contributed by atoms with Gasteiger partial charge < -0.3 is 0 Å². The van der Waals surface area contributed by atoms with Crippen molar-refractivity contribution < 1.29 is 0 Å². The first-order valence-electron chi connectivity index (χ1n) is 2.46. The highest BCUT2D eigenvalue weighted by Crippen LogP contribution is 2.04. The molecule has 1 rings (SSSR count). The lowest BCUT2D eigenvalue weighted by Crippen LogP contribution is -2.22. The van der Waals surface area contributed by atoms with Gasteiger partial charge in [0.25, 0.3) is 0 Å². The zero-order valence-corrected chi connectivity index (χ0v) is 5.15. The van der Waals surface area contributed by atoms with Crippen LogP contribution >= 0.6 is 11.8 Å². The molecular formula is C5H7ClN2. The Hall–Kier alpha value is -0.500. The Bertz CT molecular complexity index is 130. The molecule has 1 aliphatic heterocycles. The van der Waals surface area contributed by atoms with Gasteiger partial charge in [0.05, 0.1) is 6.54 Å². The first-order chi connectivity index (χ1) is 3.80. The van der Waals surface area contributed by atoms with Crippen LogP contribution in [0.25, 0.3) is 0 Å². The van der Waals surface area contributed by atoms with Gasteiger partial charge in [-0.15, -0.1) is 0 Å². The predicted octanol–water partition coefficient (Wildman–Crippen LogP) is 1.38. The fourth-order valence-electron chi connectivity index (χ4n) is 0.571. The van der Waals surface area contributed by atoms with E-state index in [2.05, 4.69) is 0 Å². The van der Waals surface area contributed by atoms with E-state index >= 15 is 0 Å². The third-order valence-electron chi connectivity index (χ3n) is 1.04. The van der Waals surface area contributed by atoms with Crippen molar-refractivity contribution in [3.8, 4) is 0 Å². The summed E-state index contributed by atoms with van der Waals surface area (Å²) in [4.78, 5) is 0. The van der Waals surface area contributed by atoms with Gasteiger partial charge in [-0.25, -0.2) is 0 Å². The van der Waals surface area contributed by atoms with Crippen molar-refractivity contribution in [1.29, 1.82) is 5.41 Å². The van der Waals surface area contributed by atoms with Gasteiger partial charge in [-0.3, -0.25) is 9.83 Å². The third kappa shape index (κ3) is 1.01. The van der Waals surface area contributed by atoms with Gasteiger partial charge in [-0.05, 0) is 0 Å². The van der Waals surface area contributed by atoms with Gasteiger partial charge in [0, 0.05) is 18.2 Å². The van der Waals surface area contributed by atoms with Crippen LogP contribution in [0.4, 0.5) is 0 Å². The van der Waals surface area contributed by atoms with Crippen LogP contribution < -0.4 is 0 Å². The van der Waals surface area contributed by atoms with Crippen molar-refractivity contribution in [3.63, 3.8) is 0 Å². The first kappa shape index (κ1) is 5.63. The van der Waals surface area contributed by atoms with Crippen molar-refractivity contribution in [2.75, 3.05) is 6.54 Å². The summed E-state index contributed by atoms with van der Waals surface area (Å²) in [6.07, 6.45) is 4.57. The molecule has 44 valence electrons. The molecule has 0 saturated heterocycles. The summed E-state index contributed by atoms with van der Waals surface area (Å²) in [5, 5.41) is 7.14. The Labute approximate surface area is 53.4 Å². The number of nitrogens with one attached hydrogen (secondary N) is 1. The Morgan fingerprint density at radius 3 is 2.75 bits per heavy atom. The van der Waals surface area contributed by atoms with Crippen LogP contribution in [0.5, 0.6) is 0 Å². The van der Waals surface area contributed by atoms with Crippen LogP contribution in [0.15, 0.2) is 12.2 Å². The first-order valence-corrected chi connectivity index (χ1v) is 2.80. The Morgan fingerprint density at radius 2 is 2.38 bits per heavy atom. The minimum Gasteiger partial charge on any atom is -0.287 e. The van der Waals surface area contributed by atoms with E-state index in [0.717, 1.165) is 0 Å². The molecule has 0 aromatic rings. The molecule has 1 heterocycles. The molecule has 3 heteroatoms. The molecule has 0 radical (unpaired) electrons. The van der Waals surface area contributed by atoms with Gasteiger partial charge in [0.15, 0.2) is 0 Å². The Kier molecular flexibility index (Phi) is 1.53. The summed E-state index contributed by atoms with van der Waals surface area (Å²) >= 11 is 5.52. The molecule has 2 nitrogen and oxygen atoms in total. The molecule has 0 fully saturated rings. The fraction of sp³-hybridized carbons (Fsp3) is 0.400. The van der Waals surface area contributed by atoms with Crippen LogP contribution in [0.2, 0.25) is 0 Å². The van der Waals surface area contributed by atoms with Crippen LogP contribution in [0.3, 0.4) is 0 Å². The summed E-state index contributed by atoms with van der Waals surface area (Å²) in [7, 11) is 0. The average Bonchev–Trinajstić information content (AvgIpc) is 1.77. The largest absolute Gasteiger partial charge is 0.287 e. The quantitative estimate of drug-likeness (QED) is 0.389. The van der Waals surface area contributed by atoms with E-state index < -0.39 is 0 Å². The normalized spacial score (nSPS) is 19.6. The van der Waals surface area contributed by atoms with Crippen LogP contribution in [0.1, 0.15) is 6.42 Å². The maximum atomic E-state index is 7.14.